The molecular formula is C19H18Br2Cl4O2. The maximum Gasteiger partial charge on any atom is 0.158 e. The normalized spacial score (nSPS) is 14.0. The zero-order valence-electron chi connectivity index (χ0n) is 15.0. The number of benzene rings is 2. The van der Waals surface area contributed by atoms with Gasteiger partial charge < -0.3 is 9.47 Å². The van der Waals surface area contributed by atoms with Crippen molar-refractivity contribution in [2.24, 2.45) is 0 Å². The molecule has 0 aliphatic rings. The molecule has 0 bridgehead atoms. The molecule has 0 saturated heterocycles. The van der Waals surface area contributed by atoms with Gasteiger partial charge in [0.1, 0.15) is 0 Å². The Hall–Kier alpha value is 0.160. The van der Waals surface area contributed by atoms with E-state index in [1.807, 2.05) is 52.0 Å². The lowest BCUT2D eigenvalue weighted by molar-refractivity contribution is 0.314. The van der Waals surface area contributed by atoms with Gasteiger partial charge in [0.05, 0.1) is 20.1 Å². The highest BCUT2D eigenvalue weighted by atomic mass is 79.9. The Morgan fingerprint density at radius 3 is 1.19 bits per heavy atom. The molecule has 0 saturated carbocycles. The van der Waals surface area contributed by atoms with E-state index in [1.54, 1.807) is 0 Å². The SMILES string of the molecule is CC(Br)Oc1c(Cl)cc(C(C)(C)c2cc(Cl)c(OC(C)Br)c(Cl)c2)cc1Cl. The first-order chi connectivity index (χ1) is 12.4. The topological polar surface area (TPSA) is 18.5 Å². The molecule has 0 radical (unpaired) electrons. The fourth-order valence-corrected chi connectivity index (χ4v) is 4.08. The Bertz CT molecular complexity index is 725. The third kappa shape index (κ3) is 5.61. The molecule has 2 aromatic carbocycles. The van der Waals surface area contributed by atoms with Gasteiger partial charge in [-0.1, -0.05) is 60.3 Å². The molecule has 0 N–H and O–H groups in total. The highest BCUT2D eigenvalue weighted by Crippen LogP contribution is 2.44. The Balaban J connectivity index is 2.50. The Labute approximate surface area is 196 Å². The molecule has 27 heavy (non-hydrogen) atoms. The Kier molecular flexibility index (Phi) is 8.09. The highest BCUT2D eigenvalue weighted by Gasteiger charge is 2.28. The predicted octanol–water partition coefficient (Wildman–Crippen LogP) is 8.87. The molecule has 0 fully saturated rings. The van der Waals surface area contributed by atoms with Gasteiger partial charge in [0, 0.05) is 5.41 Å². The van der Waals surface area contributed by atoms with Crippen LogP contribution in [0.15, 0.2) is 24.3 Å². The van der Waals surface area contributed by atoms with Crippen LogP contribution in [0.5, 0.6) is 11.5 Å². The van der Waals surface area contributed by atoms with Crippen LogP contribution in [0.3, 0.4) is 0 Å². The zero-order chi connectivity index (χ0) is 20.5. The monoisotopic (exact) mass is 576 g/mol. The summed E-state index contributed by atoms with van der Waals surface area (Å²) in [6.45, 7) is 7.76. The van der Waals surface area contributed by atoms with Crippen LogP contribution in [0.1, 0.15) is 38.8 Å². The first-order valence-electron chi connectivity index (χ1n) is 8.04. The molecule has 0 aliphatic heterocycles. The second kappa shape index (κ2) is 9.32. The highest BCUT2D eigenvalue weighted by molar-refractivity contribution is 9.09. The van der Waals surface area contributed by atoms with Crippen molar-refractivity contribution in [2.75, 3.05) is 0 Å². The number of ether oxygens (including phenoxy) is 2. The first-order valence-corrected chi connectivity index (χ1v) is 11.4. The van der Waals surface area contributed by atoms with E-state index in [2.05, 4.69) is 31.9 Å². The molecular weight excluding hydrogens is 562 g/mol. The van der Waals surface area contributed by atoms with Crippen molar-refractivity contribution in [1.29, 1.82) is 0 Å². The molecule has 8 heteroatoms. The minimum absolute atomic E-state index is 0.214. The van der Waals surface area contributed by atoms with Gasteiger partial charge >= 0.3 is 0 Å². The summed E-state index contributed by atoms with van der Waals surface area (Å²) in [6.07, 6.45) is 0. The van der Waals surface area contributed by atoms with Gasteiger partial charge in [0.2, 0.25) is 0 Å². The van der Waals surface area contributed by atoms with E-state index >= 15 is 0 Å². The summed E-state index contributed by atoms with van der Waals surface area (Å²) in [4.78, 5) is 0. The van der Waals surface area contributed by atoms with E-state index in [9.17, 15) is 0 Å². The molecule has 0 heterocycles. The average molecular weight is 580 g/mol. The number of hydrogen-bond acceptors (Lipinski definition) is 2. The van der Waals surface area contributed by atoms with Crippen molar-refractivity contribution in [2.45, 2.75) is 43.1 Å². The standard InChI is InChI=1S/C19H18Br2Cl4O2/c1-9(20)26-17-13(22)5-11(6-14(17)23)19(3,4)12-7-15(24)18(16(25)8-12)27-10(2)21/h5-10H,1-4H3. The van der Waals surface area contributed by atoms with E-state index in [0.717, 1.165) is 11.1 Å². The van der Waals surface area contributed by atoms with Crippen molar-refractivity contribution in [3.8, 4) is 11.5 Å². The summed E-state index contributed by atoms with van der Waals surface area (Å²) < 4.78 is 11.3. The van der Waals surface area contributed by atoms with Crippen LogP contribution >= 0.6 is 78.3 Å². The molecule has 2 atom stereocenters. The van der Waals surface area contributed by atoms with Crippen molar-refractivity contribution in [1.82, 2.24) is 0 Å². The molecule has 148 valence electrons. The maximum atomic E-state index is 6.41. The van der Waals surface area contributed by atoms with Crippen LogP contribution in [0, 0.1) is 0 Å². The van der Waals surface area contributed by atoms with Crippen molar-refractivity contribution in [3.05, 3.63) is 55.5 Å². The smallest absolute Gasteiger partial charge is 0.158 e. The van der Waals surface area contributed by atoms with Crippen LogP contribution in [-0.4, -0.2) is 10.0 Å². The van der Waals surface area contributed by atoms with Gasteiger partial charge in [-0.3, -0.25) is 0 Å². The van der Waals surface area contributed by atoms with Crippen LogP contribution in [0.4, 0.5) is 0 Å². The lowest BCUT2D eigenvalue weighted by Gasteiger charge is -2.28. The third-order valence-electron chi connectivity index (χ3n) is 4.00. The van der Waals surface area contributed by atoms with Crippen LogP contribution in [-0.2, 0) is 5.41 Å². The van der Waals surface area contributed by atoms with E-state index in [0.29, 0.717) is 31.6 Å². The summed E-state index contributed by atoms with van der Waals surface area (Å²) >= 11 is 32.3. The fourth-order valence-electron chi connectivity index (χ4n) is 2.56. The minimum Gasteiger partial charge on any atom is -0.476 e. The van der Waals surface area contributed by atoms with Crippen LogP contribution < -0.4 is 9.47 Å². The van der Waals surface area contributed by atoms with Crippen molar-refractivity contribution >= 4 is 78.3 Å². The summed E-state index contributed by atoms with van der Waals surface area (Å²) in [5.74, 6) is 0.877. The minimum atomic E-state index is -0.461. The average Bonchev–Trinajstić information content (AvgIpc) is 2.53. The number of alkyl halides is 2. The van der Waals surface area contributed by atoms with Crippen molar-refractivity contribution < 1.29 is 9.47 Å². The summed E-state index contributed by atoms with van der Waals surface area (Å²) in [7, 11) is 0. The molecule has 2 nitrogen and oxygen atoms in total. The molecule has 2 rings (SSSR count). The lowest BCUT2D eigenvalue weighted by atomic mass is 9.78. The Morgan fingerprint density at radius 1 is 0.704 bits per heavy atom. The van der Waals surface area contributed by atoms with Gasteiger partial charge in [-0.15, -0.1) is 0 Å². The summed E-state index contributed by atoms with van der Waals surface area (Å²) in [6, 6.07) is 7.35. The third-order valence-corrected chi connectivity index (χ3v) is 5.50. The van der Waals surface area contributed by atoms with E-state index in [4.69, 9.17) is 55.9 Å². The second-order valence-corrected chi connectivity index (χ2v) is 10.7. The number of halogens is 6. The maximum absolute atomic E-state index is 6.41. The summed E-state index contributed by atoms with van der Waals surface area (Å²) in [5.41, 5.74) is 1.35. The fraction of sp³-hybridized carbons (Fsp3) is 0.368. The van der Waals surface area contributed by atoms with Gasteiger partial charge in [-0.05, 0) is 81.1 Å². The quantitative estimate of drug-likeness (QED) is 0.318. The second-order valence-electron chi connectivity index (χ2n) is 6.48. The van der Waals surface area contributed by atoms with Crippen LogP contribution in [0.25, 0.3) is 0 Å². The van der Waals surface area contributed by atoms with E-state index in [1.165, 1.54) is 0 Å². The lowest BCUT2D eigenvalue weighted by Crippen LogP contribution is -2.19. The largest absolute Gasteiger partial charge is 0.476 e. The van der Waals surface area contributed by atoms with Crippen molar-refractivity contribution in [3.63, 3.8) is 0 Å². The van der Waals surface area contributed by atoms with Crippen LogP contribution in [0.2, 0.25) is 20.1 Å². The predicted molar refractivity (Wildman–Crippen MR) is 123 cm³/mol. The van der Waals surface area contributed by atoms with Gasteiger partial charge in [-0.2, -0.15) is 0 Å². The Morgan fingerprint density at radius 2 is 0.963 bits per heavy atom. The zero-order valence-corrected chi connectivity index (χ0v) is 21.2. The molecule has 2 aromatic rings. The van der Waals surface area contributed by atoms with Gasteiger partial charge in [0.15, 0.2) is 21.5 Å². The molecule has 0 aromatic heterocycles. The van der Waals surface area contributed by atoms with Gasteiger partial charge in [0.25, 0.3) is 0 Å². The van der Waals surface area contributed by atoms with E-state index in [-0.39, 0.29) is 10.0 Å². The number of hydrogen-bond donors (Lipinski definition) is 0. The molecule has 0 spiro atoms. The molecule has 2 unspecified atom stereocenters. The number of rotatable bonds is 6. The molecule has 0 amide bonds. The first kappa shape index (κ1) is 23.4. The molecule has 0 aliphatic carbocycles. The van der Waals surface area contributed by atoms with Gasteiger partial charge in [-0.25, -0.2) is 0 Å². The van der Waals surface area contributed by atoms with E-state index < -0.39 is 5.41 Å². The summed E-state index contributed by atoms with van der Waals surface area (Å²) in [5, 5.41) is 1.30.